The fourth-order valence-electron chi connectivity index (χ4n) is 2.22. The van der Waals surface area contributed by atoms with E-state index in [1.54, 1.807) is 32.7 Å². The van der Waals surface area contributed by atoms with Gasteiger partial charge in [0.2, 0.25) is 0 Å². The summed E-state index contributed by atoms with van der Waals surface area (Å²) in [6, 6.07) is 9.08. The fourth-order valence-corrected chi connectivity index (χ4v) is 2.39. The van der Waals surface area contributed by atoms with E-state index in [2.05, 4.69) is 10.1 Å². The van der Waals surface area contributed by atoms with Gasteiger partial charge in [-0.25, -0.2) is 4.98 Å². The van der Waals surface area contributed by atoms with Crippen molar-refractivity contribution in [3.63, 3.8) is 0 Å². The predicted octanol–water partition coefficient (Wildman–Crippen LogP) is 3.56. The van der Waals surface area contributed by atoms with Gasteiger partial charge < -0.3 is 18.7 Å². The van der Waals surface area contributed by atoms with E-state index in [9.17, 15) is 0 Å². The van der Waals surface area contributed by atoms with Crippen LogP contribution in [0.25, 0.3) is 5.65 Å². The first-order valence-corrected chi connectivity index (χ1v) is 7.58. The topological polar surface area (TPSA) is 57.3 Å². The predicted molar refractivity (Wildman–Crippen MR) is 92.1 cm³/mol. The average Bonchev–Trinajstić information content (AvgIpc) is 3.00. The summed E-state index contributed by atoms with van der Waals surface area (Å²) in [4.78, 5) is 9.74. The van der Waals surface area contributed by atoms with Crippen LogP contribution >= 0.6 is 11.6 Å². The van der Waals surface area contributed by atoms with Crippen molar-refractivity contribution in [2.24, 2.45) is 5.16 Å². The van der Waals surface area contributed by atoms with E-state index >= 15 is 0 Å². The molecule has 0 N–H and O–H groups in total. The lowest BCUT2D eigenvalue weighted by molar-refractivity contribution is 0.129. The maximum absolute atomic E-state index is 5.95. The molecule has 6 nitrogen and oxygen atoms in total. The van der Waals surface area contributed by atoms with Crippen LogP contribution in [0.1, 0.15) is 11.3 Å². The molecule has 0 spiro atoms. The number of fused-ring (bicyclic) bond motifs is 1. The molecule has 0 saturated heterocycles. The first kappa shape index (κ1) is 16.1. The molecule has 0 aliphatic heterocycles. The molecule has 1 aromatic carbocycles. The van der Waals surface area contributed by atoms with E-state index in [1.807, 2.05) is 34.9 Å². The van der Waals surface area contributed by atoms with Crippen LogP contribution in [0.3, 0.4) is 0 Å². The molecule has 24 heavy (non-hydrogen) atoms. The number of imidazole rings is 1. The number of hydrogen-bond donors (Lipinski definition) is 0. The van der Waals surface area contributed by atoms with Gasteiger partial charge in [0.25, 0.3) is 0 Å². The van der Waals surface area contributed by atoms with Crippen LogP contribution < -0.4 is 9.47 Å². The molecular formula is C17H16ClN3O3. The van der Waals surface area contributed by atoms with Crippen LogP contribution in [-0.4, -0.2) is 29.8 Å². The molecule has 0 radical (unpaired) electrons. The Balaban J connectivity index is 1.67. The van der Waals surface area contributed by atoms with Crippen molar-refractivity contribution < 1.29 is 14.3 Å². The van der Waals surface area contributed by atoms with Crippen molar-refractivity contribution in [1.82, 2.24) is 9.38 Å². The molecule has 0 fully saturated rings. The van der Waals surface area contributed by atoms with Crippen LogP contribution in [0.4, 0.5) is 0 Å². The van der Waals surface area contributed by atoms with Gasteiger partial charge in [-0.3, -0.25) is 0 Å². The SMILES string of the molecule is COc1ccc(OC)c(/C=N/OCc2cn3cc(Cl)ccc3n2)c1. The standard InChI is InChI=1S/C17H16ClN3O3/c1-22-15-4-5-16(23-2)12(7-15)8-19-24-11-14-10-21-9-13(18)3-6-17(21)20-14/h3-10H,11H2,1-2H3/b19-8+. The van der Waals surface area contributed by atoms with Crippen molar-refractivity contribution in [2.75, 3.05) is 14.2 Å². The van der Waals surface area contributed by atoms with Gasteiger partial charge in [-0.2, -0.15) is 0 Å². The highest BCUT2D eigenvalue weighted by Gasteiger charge is 2.04. The molecule has 3 aromatic rings. The van der Waals surface area contributed by atoms with Gasteiger partial charge in [0.15, 0.2) is 6.61 Å². The lowest BCUT2D eigenvalue weighted by Crippen LogP contribution is -1.94. The third-order valence-corrected chi connectivity index (χ3v) is 3.60. The van der Waals surface area contributed by atoms with Crippen LogP contribution in [0.15, 0.2) is 47.9 Å². The minimum absolute atomic E-state index is 0.252. The molecule has 0 unspecified atom stereocenters. The van der Waals surface area contributed by atoms with Gasteiger partial charge in [0, 0.05) is 18.0 Å². The lowest BCUT2D eigenvalue weighted by Gasteiger charge is -2.06. The normalized spacial score (nSPS) is 11.1. The molecule has 0 aliphatic rings. The Kier molecular flexibility index (Phi) is 4.86. The number of nitrogens with zero attached hydrogens (tertiary/aromatic N) is 3. The first-order chi connectivity index (χ1) is 11.7. The molecule has 0 bridgehead atoms. The van der Waals surface area contributed by atoms with Crippen LogP contribution in [0.2, 0.25) is 5.02 Å². The summed E-state index contributed by atoms with van der Waals surface area (Å²) in [5.74, 6) is 1.40. The third kappa shape index (κ3) is 3.60. The average molecular weight is 346 g/mol. The molecule has 0 saturated carbocycles. The van der Waals surface area contributed by atoms with Crippen molar-refractivity contribution >= 4 is 23.5 Å². The lowest BCUT2D eigenvalue weighted by atomic mass is 10.2. The maximum atomic E-state index is 5.95. The second-order valence-electron chi connectivity index (χ2n) is 4.96. The summed E-state index contributed by atoms with van der Waals surface area (Å²) >= 11 is 5.95. The molecular weight excluding hydrogens is 330 g/mol. The van der Waals surface area contributed by atoms with Crippen LogP contribution in [0, 0.1) is 0 Å². The van der Waals surface area contributed by atoms with Crippen molar-refractivity contribution in [3.8, 4) is 11.5 Å². The van der Waals surface area contributed by atoms with E-state index in [1.165, 1.54) is 0 Å². The monoisotopic (exact) mass is 345 g/mol. The Labute approximate surface area is 144 Å². The number of pyridine rings is 1. The minimum atomic E-state index is 0.252. The minimum Gasteiger partial charge on any atom is -0.497 e. The molecule has 0 aliphatic carbocycles. The Morgan fingerprint density at radius 3 is 2.83 bits per heavy atom. The summed E-state index contributed by atoms with van der Waals surface area (Å²) in [5, 5.41) is 4.62. The fraction of sp³-hybridized carbons (Fsp3) is 0.176. The van der Waals surface area contributed by atoms with E-state index in [0.717, 1.165) is 22.7 Å². The Morgan fingerprint density at radius 1 is 1.17 bits per heavy atom. The van der Waals surface area contributed by atoms with Crippen molar-refractivity contribution in [2.45, 2.75) is 6.61 Å². The Hall–Kier alpha value is -2.73. The van der Waals surface area contributed by atoms with Crippen molar-refractivity contribution in [3.05, 3.63) is 59.0 Å². The first-order valence-electron chi connectivity index (χ1n) is 7.20. The number of rotatable bonds is 6. The zero-order valence-corrected chi connectivity index (χ0v) is 14.0. The second-order valence-corrected chi connectivity index (χ2v) is 5.40. The molecule has 3 rings (SSSR count). The van der Waals surface area contributed by atoms with E-state index < -0.39 is 0 Å². The molecule has 124 valence electrons. The third-order valence-electron chi connectivity index (χ3n) is 3.38. The van der Waals surface area contributed by atoms with Gasteiger partial charge in [0.1, 0.15) is 17.1 Å². The number of ether oxygens (including phenoxy) is 2. The number of benzene rings is 1. The summed E-state index contributed by atoms with van der Waals surface area (Å²) < 4.78 is 12.3. The molecule has 0 atom stereocenters. The van der Waals surface area contributed by atoms with Gasteiger partial charge in [-0.15, -0.1) is 0 Å². The van der Waals surface area contributed by atoms with Crippen LogP contribution in [0.5, 0.6) is 11.5 Å². The number of oxime groups is 1. The summed E-state index contributed by atoms with van der Waals surface area (Å²) in [7, 11) is 3.21. The number of halogens is 1. The Bertz CT molecular complexity index is 877. The number of methoxy groups -OCH3 is 2. The maximum Gasteiger partial charge on any atom is 0.160 e. The highest BCUT2D eigenvalue weighted by atomic mass is 35.5. The zero-order chi connectivity index (χ0) is 16.9. The van der Waals surface area contributed by atoms with Gasteiger partial charge in [-0.05, 0) is 30.3 Å². The summed E-state index contributed by atoms with van der Waals surface area (Å²) in [6.45, 7) is 0.252. The van der Waals surface area contributed by atoms with E-state index in [4.69, 9.17) is 25.9 Å². The quantitative estimate of drug-likeness (QED) is 0.506. The zero-order valence-electron chi connectivity index (χ0n) is 13.3. The number of aromatic nitrogens is 2. The molecule has 0 amide bonds. The molecule has 7 heteroatoms. The summed E-state index contributed by atoms with van der Waals surface area (Å²) in [6.07, 6.45) is 5.22. The molecule has 2 aromatic heterocycles. The van der Waals surface area contributed by atoms with Gasteiger partial charge >= 0.3 is 0 Å². The van der Waals surface area contributed by atoms with Crippen LogP contribution in [-0.2, 0) is 11.4 Å². The van der Waals surface area contributed by atoms with Gasteiger partial charge in [0.05, 0.1) is 31.2 Å². The smallest absolute Gasteiger partial charge is 0.160 e. The second kappa shape index (κ2) is 7.23. The highest BCUT2D eigenvalue weighted by Crippen LogP contribution is 2.22. The van der Waals surface area contributed by atoms with Gasteiger partial charge in [-0.1, -0.05) is 16.8 Å². The van der Waals surface area contributed by atoms with E-state index in [0.29, 0.717) is 10.8 Å². The Morgan fingerprint density at radius 2 is 2.04 bits per heavy atom. The van der Waals surface area contributed by atoms with Crippen molar-refractivity contribution in [1.29, 1.82) is 0 Å². The summed E-state index contributed by atoms with van der Waals surface area (Å²) in [5.41, 5.74) is 2.32. The van der Waals surface area contributed by atoms with E-state index in [-0.39, 0.29) is 6.61 Å². The molecule has 2 heterocycles. The number of hydrogen-bond acceptors (Lipinski definition) is 5. The largest absolute Gasteiger partial charge is 0.497 e. The highest BCUT2D eigenvalue weighted by molar-refractivity contribution is 6.30.